The van der Waals surface area contributed by atoms with Crippen LogP contribution < -0.4 is 4.90 Å². The number of hydrogen-bond acceptors (Lipinski definition) is 7. The summed E-state index contributed by atoms with van der Waals surface area (Å²) in [5, 5.41) is 10.1. The first-order valence-corrected chi connectivity index (χ1v) is 12.1. The van der Waals surface area contributed by atoms with E-state index in [-0.39, 0.29) is 11.9 Å². The SMILES string of the molecule is Cc1ncoc1C(=O)N1CCN(c2nc(C3CCCCC3)c3c(c2C#N)CCOC3)CC1C. The van der Waals surface area contributed by atoms with Crippen molar-refractivity contribution < 1.29 is 13.9 Å². The lowest BCUT2D eigenvalue weighted by atomic mass is 9.82. The lowest BCUT2D eigenvalue weighted by molar-refractivity contribution is 0.0640. The third kappa shape index (κ3) is 3.99. The molecule has 3 aliphatic rings. The van der Waals surface area contributed by atoms with Gasteiger partial charge in [-0.1, -0.05) is 19.3 Å². The van der Waals surface area contributed by atoms with Crippen molar-refractivity contribution >= 4 is 11.7 Å². The first-order valence-electron chi connectivity index (χ1n) is 12.1. The topological polar surface area (TPSA) is 95.5 Å². The maximum atomic E-state index is 13.0. The molecular formula is C25H31N5O3. The quantitative estimate of drug-likeness (QED) is 0.705. The zero-order valence-electron chi connectivity index (χ0n) is 19.5. The number of aryl methyl sites for hydroxylation is 1. The summed E-state index contributed by atoms with van der Waals surface area (Å²) in [6.45, 7) is 6.82. The van der Waals surface area contributed by atoms with E-state index in [4.69, 9.17) is 14.1 Å². The molecule has 8 heteroatoms. The van der Waals surface area contributed by atoms with Crippen molar-refractivity contribution in [2.75, 3.05) is 31.1 Å². The second-order valence-corrected chi connectivity index (χ2v) is 9.46. The molecule has 2 aromatic rings. The van der Waals surface area contributed by atoms with Crippen LogP contribution in [0.3, 0.4) is 0 Å². The van der Waals surface area contributed by atoms with Crippen LogP contribution >= 0.6 is 0 Å². The highest BCUT2D eigenvalue weighted by Gasteiger charge is 2.34. The van der Waals surface area contributed by atoms with Gasteiger partial charge in [0.05, 0.1) is 30.2 Å². The van der Waals surface area contributed by atoms with E-state index in [2.05, 4.69) is 16.0 Å². The molecule has 2 aromatic heterocycles. The first-order chi connectivity index (χ1) is 16.1. The maximum absolute atomic E-state index is 13.0. The summed E-state index contributed by atoms with van der Waals surface area (Å²) in [4.78, 5) is 26.3. The fourth-order valence-electron chi connectivity index (χ4n) is 5.61. The average molecular weight is 450 g/mol. The minimum Gasteiger partial charge on any atom is -0.438 e. The summed E-state index contributed by atoms with van der Waals surface area (Å²) < 4.78 is 11.1. The van der Waals surface area contributed by atoms with E-state index in [0.717, 1.165) is 41.9 Å². The second kappa shape index (κ2) is 9.14. The standard InChI is InChI=1S/C25H31N5O3/c1-16-13-29(9-10-30(16)25(31)23-17(2)27-15-33-23)24-20(12-26)19-8-11-32-14-21(19)22(28-24)18-6-4-3-5-7-18/h15-16,18H,3-11,13-14H2,1-2H3. The Morgan fingerprint density at radius 2 is 2.03 bits per heavy atom. The Morgan fingerprint density at radius 3 is 2.73 bits per heavy atom. The van der Waals surface area contributed by atoms with Crippen LogP contribution in [-0.2, 0) is 17.8 Å². The monoisotopic (exact) mass is 449 g/mol. The van der Waals surface area contributed by atoms with E-state index in [1.54, 1.807) is 6.92 Å². The molecule has 1 aliphatic carbocycles. The molecule has 33 heavy (non-hydrogen) atoms. The summed E-state index contributed by atoms with van der Waals surface area (Å²) in [7, 11) is 0. The van der Waals surface area contributed by atoms with Crippen LogP contribution in [0.5, 0.6) is 0 Å². The average Bonchev–Trinajstić information content (AvgIpc) is 3.28. The zero-order valence-corrected chi connectivity index (χ0v) is 19.5. The number of nitrogens with zero attached hydrogens (tertiary/aromatic N) is 5. The summed E-state index contributed by atoms with van der Waals surface area (Å²) >= 11 is 0. The third-order valence-electron chi connectivity index (χ3n) is 7.40. The number of rotatable bonds is 3. The molecule has 1 saturated carbocycles. The van der Waals surface area contributed by atoms with Gasteiger partial charge < -0.3 is 19.0 Å². The molecule has 4 heterocycles. The summed E-state index contributed by atoms with van der Waals surface area (Å²) in [5.41, 5.74) is 4.71. The first kappa shape index (κ1) is 21.9. The van der Waals surface area contributed by atoms with Gasteiger partial charge in [-0.3, -0.25) is 4.79 Å². The number of piperazine rings is 1. The molecule has 0 N–H and O–H groups in total. The van der Waals surface area contributed by atoms with Gasteiger partial charge in [-0.25, -0.2) is 9.97 Å². The van der Waals surface area contributed by atoms with Crippen molar-refractivity contribution in [3.63, 3.8) is 0 Å². The van der Waals surface area contributed by atoms with Gasteiger partial charge in [0, 0.05) is 37.2 Å². The van der Waals surface area contributed by atoms with Crippen molar-refractivity contribution in [2.45, 2.75) is 70.9 Å². The molecule has 2 fully saturated rings. The fourth-order valence-corrected chi connectivity index (χ4v) is 5.61. The molecule has 2 aliphatic heterocycles. The number of oxazole rings is 1. The highest BCUT2D eigenvalue weighted by atomic mass is 16.5. The molecule has 1 unspecified atom stereocenters. The minimum absolute atomic E-state index is 0.0402. The number of fused-ring (bicyclic) bond motifs is 1. The smallest absolute Gasteiger partial charge is 0.291 e. The Bertz CT molecular complexity index is 1080. The summed E-state index contributed by atoms with van der Waals surface area (Å²) in [6, 6.07) is 2.43. The predicted octanol–water partition coefficient (Wildman–Crippen LogP) is 3.72. The minimum atomic E-state index is -0.129. The summed E-state index contributed by atoms with van der Waals surface area (Å²) in [6.07, 6.45) is 8.13. The number of hydrogen-bond donors (Lipinski definition) is 0. The Hall–Kier alpha value is -2.92. The van der Waals surface area contributed by atoms with Crippen molar-refractivity contribution in [3.05, 3.63) is 40.2 Å². The van der Waals surface area contributed by atoms with E-state index < -0.39 is 0 Å². The molecule has 5 rings (SSSR count). The van der Waals surface area contributed by atoms with Gasteiger partial charge in [0.2, 0.25) is 5.76 Å². The molecule has 1 amide bonds. The summed E-state index contributed by atoms with van der Waals surface area (Å²) in [5.74, 6) is 1.40. The maximum Gasteiger partial charge on any atom is 0.291 e. The fraction of sp³-hybridized carbons (Fsp3) is 0.600. The Kier molecular flexibility index (Phi) is 6.07. The highest BCUT2D eigenvalue weighted by Crippen LogP contribution is 2.39. The molecule has 1 atom stereocenters. The van der Waals surface area contributed by atoms with Crippen molar-refractivity contribution in [3.8, 4) is 6.07 Å². The van der Waals surface area contributed by atoms with Gasteiger partial charge in [0.1, 0.15) is 11.9 Å². The van der Waals surface area contributed by atoms with Gasteiger partial charge in [-0.2, -0.15) is 5.26 Å². The third-order valence-corrected chi connectivity index (χ3v) is 7.40. The number of amides is 1. The van der Waals surface area contributed by atoms with Crippen LogP contribution in [0.1, 0.15) is 83.6 Å². The molecule has 0 aromatic carbocycles. The Morgan fingerprint density at radius 1 is 1.21 bits per heavy atom. The lowest BCUT2D eigenvalue weighted by Crippen LogP contribution is -2.54. The second-order valence-electron chi connectivity index (χ2n) is 9.46. The highest BCUT2D eigenvalue weighted by molar-refractivity contribution is 5.92. The Labute approximate surface area is 194 Å². The number of pyridine rings is 1. The molecule has 0 radical (unpaired) electrons. The van der Waals surface area contributed by atoms with E-state index in [9.17, 15) is 10.1 Å². The predicted molar refractivity (Wildman–Crippen MR) is 122 cm³/mol. The number of nitriles is 1. The van der Waals surface area contributed by atoms with Gasteiger partial charge in [-0.05, 0) is 38.7 Å². The number of aromatic nitrogens is 2. The van der Waals surface area contributed by atoms with Crippen LogP contribution in [0.25, 0.3) is 0 Å². The Balaban J connectivity index is 1.46. The van der Waals surface area contributed by atoms with Crippen molar-refractivity contribution in [1.82, 2.24) is 14.9 Å². The van der Waals surface area contributed by atoms with Crippen LogP contribution in [-0.4, -0.2) is 53.1 Å². The number of ether oxygens (including phenoxy) is 1. The molecule has 0 bridgehead atoms. The molecule has 8 nitrogen and oxygen atoms in total. The largest absolute Gasteiger partial charge is 0.438 e. The van der Waals surface area contributed by atoms with Gasteiger partial charge in [0.15, 0.2) is 6.39 Å². The number of anilines is 1. The van der Waals surface area contributed by atoms with E-state index in [1.807, 2.05) is 11.8 Å². The molecule has 174 valence electrons. The van der Waals surface area contributed by atoms with Crippen LogP contribution in [0.15, 0.2) is 10.8 Å². The number of carbonyl (C=O) groups is 1. The molecular weight excluding hydrogens is 418 g/mol. The van der Waals surface area contributed by atoms with Gasteiger partial charge in [0.25, 0.3) is 5.91 Å². The van der Waals surface area contributed by atoms with Crippen LogP contribution in [0.4, 0.5) is 5.82 Å². The normalized spacial score (nSPS) is 21.5. The van der Waals surface area contributed by atoms with E-state index in [0.29, 0.717) is 55.8 Å². The van der Waals surface area contributed by atoms with E-state index in [1.165, 1.54) is 25.7 Å². The zero-order chi connectivity index (χ0) is 22.9. The number of carbonyl (C=O) groups excluding carboxylic acids is 1. The van der Waals surface area contributed by atoms with Crippen molar-refractivity contribution in [1.29, 1.82) is 5.26 Å². The van der Waals surface area contributed by atoms with Crippen LogP contribution in [0, 0.1) is 18.3 Å². The van der Waals surface area contributed by atoms with Gasteiger partial charge in [-0.15, -0.1) is 0 Å². The molecule has 1 saturated heterocycles. The van der Waals surface area contributed by atoms with Crippen LogP contribution in [0.2, 0.25) is 0 Å². The van der Waals surface area contributed by atoms with E-state index >= 15 is 0 Å². The van der Waals surface area contributed by atoms with Crippen molar-refractivity contribution in [2.24, 2.45) is 0 Å². The molecule has 0 spiro atoms. The van der Waals surface area contributed by atoms with Gasteiger partial charge >= 0.3 is 0 Å². The lowest BCUT2D eigenvalue weighted by Gasteiger charge is -2.41.